The predicted octanol–water partition coefficient (Wildman–Crippen LogP) is 3.16. The van der Waals surface area contributed by atoms with Crippen LogP contribution in [-0.4, -0.2) is 38.6 Å². The van der Waals surface area contributed by atoms with E-state index in [9.17, 15) is 8.42 Å². The van der Waals surface area contributed by atoms with E-state index in [0.717, 1.165) is 23.9 Å². The number of benzene rings is 1. The molecule has 0 fully saturated rings. The van der Waals surface area contributed by atoms with Crippen LogP contribution in [0.4, 0.5) is 0 Å². The standard InChI is InChI=1S/C15H25BrN2O2S/c1-4-15(13-8-6-9-14(16)12-13)17-10-7-11-18(5-2)21(3,19)20/h6,8-9,12,15,17H,4-5,7,10-11H2,1-3H3. The molecule has 0 aromatic heterocycles. The van der Waals surface area contributed by atoms with Crippen molar-refractivity contribution in [3.8, 4) is 0 Å². The molecule has 1 atom stereocenters. The van der Waals surface area contributed by atoms with E-state index in [4.69, 9.17) is 0 Å². The molecule has 0 spiro atoms. The predicted molar refractivity (Wildman–Crippen MR) is 91.9 cm³/mol. The number of rotatable bonds is 9. The zero-order valence-electron chi connectivity index (χ0n) is 13.0. The average molecular weight is 377 g/mol. The van der Waals surface area contributed by atoms with E-state index >= 15 is 0 Å². The molecule has 0 aliphatic rings. The first-order valence-corrected chi connectivity index (χ1v) is 9.96. The Balaban J connectivity index is 2.46. The van der Waals surface area contributed by atoms with Gasteiger partial charge in [-0.1, -0.05) is 41.9 Å². The molecule has 0 aliphatic carbocycles. The molecule has 0 bridgehead atoms. The molecule has 21 heavy (non-hydrogen) atoms. The van der Waals surface area contributed by atoms with Crippen molar-refractivity contribution >= 4 is 26.0 Å². The Hall–Kier alpha value is -0.430. The number of nitrogens with zero attached hydrogens (tertiary/aromatic N) is 1. The van der Waals surface area contributed by atoms with Crippen molar-refractivity contribution in [1.29, 1.82) is 0 Å². The Morgan fingerprint density at radius 3 is 2.57 bits per heavy atom. The highest BCUT2D eigenvalue weighted by Gasteiger charge is 2.14. The van der Waals surface area contributed by atoms with Crippen LogP contribution in [0.5, 0.6) is 0 Å². The molecule has 0 radical (unpaired) electrons. The van der Waals surface area contributed by atoms with Crippen LogP contribution < -0.4 is 5.32 Å². The second-order valence-corrected chi connectivity index (χ2v) is 7.98. The summed E-state index contributed by atoms with van der Waals surface area (Å²) in [5, 5.41) is 3.50. The fraction of sp³-hybridized carbons (Fsp3) is 0.600. The van der Waals surface area contributed by atoms with Crippen LogP contribution in [0.3, 0.4) is 0 Å². The second-order valence-electron chi connectivity index (χ2n) is 5.08. The van der Waals surface area contributed by atoms with Crippen molar-refractivity contribution in [2.45, 2.75) is 32.7 Å². The van der Waals surface area contributed by atoms with Gasteiger partial charge in [-0.3, -0.25) is 0 Å². The highest BCUT2D eigenvalue weighted by atomic mass is 79.9. The third-order valence-corrected chi connectivity index (χ3v) is 5.33. The van der Waals surface area contributed by atoms with E-state index in [1.165, 1.54) is 16.1 Å². The summed E-state index contributed by atoms with van der Waals surface area (Å²) in [6.07, 6.45) is 3.08. The fourth-order valence-corrected chi connectivity index (χ4v) is 3.66. The van der Waals surface area contributed by atoms with E-state index < -0.39 is 10.0 Å². The Morgan fingerprint density at radius 2 is 2.05 bits per heavy atom. The summed E-state index contributed by atoms with van der Waals surface area (Å²) in [5.41, 5.74) is 1.25. The van der Waals surface area contributed by atoms with Gasteiger partial charge in [0.25, 0.3) is 0 Å². The van der Waals surface area contributed by atoms with Crippen LogP contribution in [0, 0.1) is 0 Å². The summed E-state index contributed by atoms with van der Waals surface area (Å²) in [4.78, 5) is 0. The number of sulfonamides is 1. The van der Waals surface area contributed by atoms with Gasteiger partial charge in [0.05, 0.1) is 6.26 Å². The van der Waals surface area contributed by atoms with E-state index in [2.05, 4.69) is 40.3 Å². The lowest BCUT2D eigenvalue weighted by Crippen LogP contribution is -2.33. The van der Waals surface area contributed by atoms with Gasteiger partial charge in [0.2, 0.25) is 10.0 Å². The molecule has 0 amide bonds. The van der Waals surface area contributed by atoms with Gasteiger partial charge < -0.3 is 5.32 Å². The summed E-state index contributed by atoms with van der Waals surface area (Å²) in [7, 11) is -3.08. The molecule has 0 heterocycles. The molecule has 120 valence electrons. The molecule has 1 unspecified atom stereocenters. The summed E-state index contributed by atoms with van der Waals surface area (Å²) >= 11 is 3.49. The van der Waals surface area contributed by atoms with Crippen LogP contribution >= 0.6 is 15.9 Å². The van der Waals surface area contributed by atoms with Crippen molar-refractivity contribution < 1.29 is 8.42 Å². The Morgan fingerprint density at radius 1 is 1.33 bits per heavy atom. The van der Waals surface area contributed by atoms with E-state index in [1.54, 1.807) is 0 Å². The molecule has 4 nitrogen and oxygen atoms in total. The maximum atomic E-state index is 11.5. The average Bonchev–Trinajstić information content (AvgIpc) is 2.41. The van der Waals surface area contributed by atoms with Crippen LogP contribution in [0.25, 0.3) is 0 Å². The molecule has 1 aromatic rings. The number of hydrogen-bond donors (Lipinski definition) is 1. The van der Waals surface area contributed by atoms with Gasteiger partial charge in [0.15, 0.2) is 0 Å². The molecule has 1 aromatic carbocycles. The minimum absolute atomic E-state index is 0.302. The molecular formula is C15H25BrN2O2S. The van der Waals surface area contributed by atoms with Crippen molar-refractivity contribution in [2.24, 2.45) is 0 Å². The Labute approximate surface area is 137 Å². The van der Waals surface area contributed by atoms with E-state index in [1.807, 2.05) is 19.1 Å². The molecular weight excluding hydrogens is 352 g/mol. The van der Waals surface area contributed by atoms with Crippen molar-refractivity contribution in [3.63, 3.8) is 0 Å². The fourth-order valence-electron chi connectivity index (χ4n) is 2.31. The quantitative estimate of drug-likeness (QED) is 0.673. The number of hydrogen-bond acceptors (Lipinski definition) is 3. The van der Waals surface area contributed by atoms with Gasteiger partial charge >= 0.3 is 0 Å². The molecule has 0 saturated carbocycles. The van der Waals surface area contributed by atoms with Crippen molar-refractivity contribution in [3.05, 3.63) is 34.3 Å². The van der Waals surface area contributed by atoms with Gasteiger partial charge in [-0.2, -0.15) is 0 Å². The van der Waals surface area contributed by atoms with Gasteiger partial charge in [-0.05, 0) is 37.1 Å². The first kappa shape index (κ1) is 18.6. The smallest absolute Gasteiger partial charge is 0.211 e. The van der Waals surface area contributed by atoms with Gasteiger partial charge in [0, 0.05) is 23.6 Å². The van der Waals surface area contributed by atoms with Gasteiger partial charge in [-0.15, -0.1) is 0 Å². The van der Waals surface area contributed by atoms with Crippen LogP contribution in [0.15, 0.2) is 28.7 Å². The lowest BCUT2D eigenvalue weighted by molar-refractivity contribution is 0.409. The highest BCUT2D eigenvalue weighted by Crippen LogP contribution is 2.20. The molecule has 6 heteroatoms. The SMILES string of the molecule is CCC(NCCCN(CC)S(C)(=O)=O)c1cccc(Br)c1. The lowest BCUT2D eigenvalue weighted by atomic mass is 10.0. The molecule has 0 saturated heterocycles. The number of halogens is 1. The third kappa shape index (κ3) is 6.46. The molecule has 1 rings (SSSR count). The Kier molecular flexibility index (Phi) is 7.87. The Bertz CT molecular complexity index is 534. The monoisotopic (exact) mass is 376 g/mol. The highest BCUT2D eigenvalue weighted by molar-refractivity contribution is 9.10. The molecule has 1 N–H and O–H groups in total. The van der Waals surface area contributed by atoms with Crippen LogP contribution in [0.2, 0.25) is 0 Å². The van der Waals surface area contributed by atoms with Crippen molar-refractivity contribution in [1.82, 2.24) is 9.62 Å². The zero-order valence-corrected chi connectivity index (χ0v) is 15.4. The lowest BCUT2D eigenvalue weighted by Gasteiger charge is -2.20. The summed E-state index contributed by atoms with van der Waals surface area (Å²) in [6.45, 7) is 5.91. The van der Waals surface area contributed by atoms with Crippen LogP contribution in [0.1, 0.15) is 38.3 Å². The van der Waals surface area contributed by atoms with Crippen molar-refractivity contribution in [2.75, 3.05) is 25.9 Å². The normalized spacial score (nSPS) is 13.6. The van der Waals surface area contributed by atoms with Crippen LogP contribution in [-0.2, 0) is 10.0 Å². The first-order chi connectivity index (χ1) is 9.88. The largest absolute Gasteiger partial charge is 0.310 e. The summed E-state index contributed by atoms with van der Waals surface area (Å²) < 4.78 is 25.6. The van der Waals surface area contributed by atoms with Gasteiger partial charge in [-0.25, -0.2) is 12.7 Å². The number of nitrogens with one attached hydrogen (secondary N) is 1. The summed E-state index contributed by atoms with van der Waals surface area (Å²) in [5.74, 6) is 0. The maximum absolute atomic E-state index is 11.5. The minimum atomic E-state index is -3.08. The first-order valence-electron chi connectivity index (χ1n) is 7.32. The summed E-state index contributed by atoms with van der Waals surface area (Å²) in [6, 6.07) is 8.58. The van der Waals surface area contributed by atoms with Gasteiger partial charge in [0.1, 0.15) is 0 Å². The topological polar surface area (TPSA) is 49.4 Å². The maximum Gasteiger partial charge on any atom is 0.211 e. The molecule has 0 aliphatic heterocycles. The zero-order chi connectivity index (χ0) is 15.9. The van der Waals surface area contributed by atoms with E-state index in [0.29, 0.717) is 19.1 Å². The van der Waals surface area contributed by atoms with E-state index in [-0.39, 0.29) is 0 Å². The third-order valence-electron chi connectivity index (χ3n) is 3.46. The minimum Gasteiger partial charge on any atom is -0.310 e. The second kappa shape index (κ2) is 8.88.